The number of carbonyl (C=O) groups excluding carboxylic acids is 1. The van der Waals surface area contributed by atoms with Crippen LogP contribution in [0.25, 0.3) is 0 Å². The second-order valence-electron chi connectivity index (χ2n) is 2.64. The molecule has 0 atom stereocenters. The van der Waals surface area contributed by atoms with Gasteiger partial charge in [0, 0.05) is 0 Å². The monoisotopic (exact) mass is 169 g/mol. The Morgan fingerprint density at radius 1 is 1.67 bits per heavy atom. The van der Waals surface area contributed by atoms with E-state index in [-0.39, 0.29) is 5.97 Å². The lowest BCUT2D eigenvalue weighted by Gasteiger charge is -1.95. The van der Waals surface area contributed by atoms with E-state index in [0.717, 1.165) is 0 Å². The van der Waals surface area contributed by atoms with Crippen LogP contribution < -0.4 is 4.57 Å². The van der Waals surface area contributed by atoms with Crippen molar-refractivity contribution in [3.8, 4) is 0 Å². The molecule has 0 fully saturated rings. The number of aromatic nitrogens is 2. The fourth-order valence-corrected chi connectivity index (χ4v) is 0.956. The molecular formula is C8H13N2O2+. The SMILES string of the molecule is COC(=O)CCn1cc[n+](C)c1. The van der Waals surface area contributed by atoms with Gasteiger partial charge in [-0.15, -0.1) is 0 Å². The molecule has 0 aromatic carbocycles. The van der Waals surface area contributed by atoms with Crippen LogP contribution in [0.15, 0.2) is 18.7 Å². The molecule has 0 aliphatic carbocycles. The van der Waals surface area contributed by atoms with E-state index in [1.165, 1.54) is 7.11 Å². The number of rotatable bonds is 3. The lowest BCUT2D eigenvalue weighted by atomic mass is 10.4. The summed E-state index contributed by atoms with van der Waals surface area (Å²) >= 11 is 0. The van der Waals surface area contributed by atoms with Gasteiger partial charge in [0.25, 0.3) is 0 Å². The van der Waals surface area contributed by atoms with Gasteiger partial charge >= 0.3 is 5.97 Å². The predicted octanol–water partition coefficient (Wildman–Crippen LogP) is -0.124. The number of nitrogens with zero attached hydrogens (tertiary/aromatic N) is 2. The van der Waals surface area contributed by atoms with Crippen LogP contribution in [0.2, 0.25) is 0 Å². The average molecular weight is 169 g/mol. The Bertz CT molecular complexity index is 268. The third-order valence-electron chi connectivity index (χ3n) is 1.63. The van der Waals surface area contributed by atoms with Crippen LogP contribution in [-0.2, 0) is 23.1 Å². The zero-order chi connectivity index (χ0) is 8.97. The Morgan fingerprint density at radius 3 is 2.92 bits per heavy atom. The van der Waals surface area contributed by atoms with Crippen LogP contribution >= 0.6 is 0 Å². The quantitative estimate of drug-likeness (QED) is 0.467. The normalized spacial score (nSPS) is 9.83. The largest absolute Gasteiger partial charge is 0.469 e. The Kier molecular flexibility index (Phi) is 2.85. The molecule has 0 aliphatic rings. The molecule has 66 valence electrons. The van der Waals surface area contributed by atoms with Gasteiger partial charge in [-0.3, -0.25) is 4.79 Å². The van der Waals surface area contributed by atoms with Crippen LogP contribution in [0.1, 0.15) is 6.42 Å². The Hall–Kier alpha value is -1.32. The second kappa shape index (κ2) is 3.90. The highest BCUT2D eigenvalue weighted by Crippen LogP contribution is 1.90. The van der Waals surface area contributed by atoms with E-state index in [9.17, 15) is 4.79 Å². The first-order valence-electron chi connectivity index (χ1n) is 3.80. The van der Waals surface area contributed by atoms with Gasteiger partial charge in [0.1, 0.15) is 18.9 Å². The molecular weight excluding hydrogens is 156 g/mol. The molecule has 4 heteroatoms. The highest BCUT2D eigenvalue weighted by molar-refractivity contribution is 5.68. The highest BCUT2D eigenvalue weighted by Gasteiger charge is 2.04. The second-order valence-corrected chi connectivity index (χ2v) is 2.64. The summed E-state index contributed by atoms with van der Waals surface area (Å²) in [4.78, 5) is 10.7. The van der Waals surface area contributed by atoms with Crippen molar-refractivity contribution in [1.82, 2.24) is 4.57 Å². The van der Waals surface area contributed by atoms with Crippen molar-refractivity contribution in [2.24, 2.45) is 7.05 Å². The van der Waals surface area contributed by atoms with E-state index in [4.69, 9.17) is 0 Å². The van der Waals surface area contributed by atoms with Crippen molar-refractivity contribution in [2.75, 3.05) is 7.11 Å². The Morgan fingerprint density at radius 2 is 2.42 bits per heavy atom. The summed E-state index contributed by atoms with van der Waals surface area (Å²) in [6.07, 6.45) is 6.19. The van der Waals surface area contributed by atoms with Gasteiger partial charge in [0.15, 0.2) is 0 Å². The van der Waals surface area contributed by atoms with Crippen LogP contribution in [0, 0.1) is 0 Å². The van der Waals surface area contributed by atoms with Gasteiger partial charge in [-0.25, -0.2) is 9.13 Å². The van der Waals surface area contributed by atoms with E-state index >= 15 is 0 Å². The molecule has 0 amide bonds. The molecule has 0 bridgehead atoms. The molecule has 1 aromatic rings. The van der Waals surface area contributed by atoms with Gasteiger partial charge in [-0.05, 0) is 0 Å². The molecule has 0 spiro atoms. The molecule has 4 nitrogen and oxygen atoms in total. The zero-order valence-electron chi connectivity index (χ0n) is 7.36. The first kappa shape index (κ1) is 8.77. The minimum atomic E-state index is -0.175. The molecule has 1 heterocycles. The summed E-state index contributed by atoms with van der Waals surface area (Å²) in [5, 5.41) is 0. The minimum absolute atomic E-state index is 0.175. The molecule has 0 unspecified atom stereocenters. The van der Waals surface area contributed by atoms with Crippen molar-refractivity contribution in [1.29, 1.82) is 0 Å². The van der Waals surface area contributed by atoms with Gasteiger partial charge < -0.3 is 4.74 Å². The molecule has 0 radical (unpaired) electrons. The number of ether oxygens (including phenoxy) is 1. The summed E-state index contributed by atoms with van der Waals surface area (Å²) in [6, 6.07) is 0. The van der Waals surface area contributed by atoms with Gasteiger partial charge in [-0.2, -0.15) is 0 Å². The summed E-state index contributed by atoms with van der Waals surface area (Å²) in [6.45, 7) is 0.674. The zero-order valence-corrected chi connectivity index (χ0v) is 7.36. The molecule has 0 saturated heterocycles. The van der Waals surface area contributed by atoms with Crippen LogP contribution in [0.3, 0.4) is 0 Å². The third kappa shape index (κ3) is 2.38. The fraction of sp³-hybridized carbons (Fsp3) is 0.500. The summed E-state index contributed by atoms with van der Waals surface area (Å²) in [7, 11) is 3.34. The maximum Gasteiger partial charge on any atom is 0.309 e. The Labute approximate surface area is 71.4 Å². The molecule has 12 heavy (non-hydrogen) atoms. The van der Waals surface area contributed by atoms with Crippen molar-refractivity contribution < 1.29 is 14.1 Å². The number of imidazole rings is 1. The van der Waals surface area contributed by atoms with Gasteiger partial charge in [-0.1, -0.05) is 0 Å². The van der Waals surface area contributed by atoms with Crippen LogP contribution in [-0.4, -0.2) is 17.6 Å². The summed E-state index contributed by atoms with van der Waals surface area (Å²) in [5.41, 5.74) is 0. The number of aryl methyl sites for hydroxylation is 2. The van der Waals surface area contributed by atoms with Crippen molar-refractivity contribution >= 4 is 5.97 Å². The van der Waals surface area contributed by atoms with E-state index < -0.39 is 0 Å². The van der Waals surface area contributed by atoms with E-state index in [2.05, 4.69) is 4.74 Å². The van der Waals surface area contributed by atoms with E-state index in [0.29, 0.717) is 13.0 Å². The van der Waals surface area contributed by atoms with E-state index in [1.54, 1.807) is 0 Å². The third-order valence-corrected chi connectivity index (χ3v) is 1.63. The maximum atomic E-state index is 10.7. The Balaban J connectivity index is 2.38. The van der Waals surface area contributed by atoms with Crippen molar-refractivity contribution in [2.45, 2.75) is 13.0 Å². The number of hydrogen-bond donors (Lipinski definition) is 0. The number of methoxy groups -OCH3 is 1. The van der Waals surface area contributed by atoms with Crippen LogP contribution in [0.5, 0.6) is 0 Å². The smallest absolute Gasteiger partial charge is 0.309 e. The predicted molar refractivity (Wildman–Crippen MR) is 42.2 cm³/mol. The van der Waals surface area contributed by atoms with Crippen molar-refractivity contribution in [3.05, 3.63) is 18.7 Å². The first-order valence-corrected chi connectivity index (χ1v) is 3.80. The molecule has 0 N–H and O–H groups in total. The molecule has 1 aromatic heterocycles. The molecule has 0 saturated carbocycles. The minimum Gasteiger partial charge on any atom is -0.469 e. The van der Waals surface area contributed by atoms with Crippen molar-refractivity contribution in [3.63, 3.8) is 0 Å². The standard InChI is InChI=1S/C8H13N2O2/c1-9-5-6-10(7-9)4-3-8(11)12-2/h5-7H,3-4H2,1-2H3/q+1. The average Bonchev–Trinajstić information content (AvgIpc) is 2.47. The lowest BCUT2D eigenvalue weighted by Crippen LogP contribution is -2.23. The number of carbonyl (C=O) groups is 1. The topological polar surface area (TPSA) is 35.1 Å². The summed E-state index contributed by atoms with van der Waals surface area (Å²) < 4.78 is 8.39. The van der Waals surface area contributed by atoms with Gasteiger partial charge in [0.05, 0.1) is 20.6 Å². The van der Waals surface area contributed by atoms with E-state index in [1.807, 2.05) is 34.9 Å². The molecule has 1 rings (SSSR count). The first-order chi connectivity index (χ1) is 5.72. The van der Waals surface area contributed by atoms with Gasteiger partial charge in [0.2, 0.25) is 6.33 Å². The lowest BCUT2D eigenvalue weighted by molar-refractivity contribution is -0.671. The highest BCUT2D eigenvalue weighted by atomic mass is 16.5. The molecule has 0 aliphatic heterocycles. The fourth-order valence-electron chi connectivity index (χ4n) is 0.956. The van der Waals surface area contributed by atoms with Crippen LogP contribution in [0.4, 0.5) is 0 Å². The summed E-state index contributed by atoms with van der Waals surface area (Å²) in [5.74, 6) is -0.175. The number of esters is 1. The maximum absolute atomic E-state index is 10.7. The number of hydrogen-bond acceptors (Lipinski definition) is 2.